The number of carbonyl (C=O) groups excluding carboxylic acids is 1. The first-order valence-corrected chi connectivity index (χ1v) is 15.4. The first kappa shape index (κ1) is 29.0. The standard InChI is InChI=1S/C25H30ClFN6O4S2/c1-4-14-39(35,36)31-18-7-5-6-17(20(18)27)21-22(19-8-9-28-23(26)29-19)38-24(30-21)32-10-12-33(13-11-32)25(34)37-15-16(2)3/h5-9,16,31H,4,10-15H2,1-3H3. The van der Waals surface area contributed by atoms with Crippen molar-refractivity contribution < 1.29 is 22.3 Å². The van der Waals surface area contributed by atoms with E-state index in [-0.39, 0.29) is 34.3 Å². The van der Waals surface area contributed by atoms with Crippen LogP contribution in [0.3, 0.4) is 0 Å². The minimum Gasteiger partial charge on any atom is -0.449 e. The zero-order valence-electron chi connectivity index (χ0n) is 21.9. The van der Waals surface area contributed by atoms with E-state index >= 15 is 4.39 Å². The molecule has 1 aliphatic heterocycles. The summed E-state index contributed by atoms with van der Waals surface area (Å²) in [6.07, 6.45) is 1.55. The Bertz CT molecular complexity index is 1430. The van der Waals surface area contributed by atoms with E-state index in [0.717, 1.165) is 0 Å². The van der Waals surface area contributed by atoms with E-state index in [4.69, 9.17) is 21.3 Å². The molecule has 0 atom stereocenters. The largest absolute Gasteiger partial charge is 0.449 e. The second-order valence-electron chi connectivity index (χ2n) is 9.42. The molecule has 210 valence electrons. The number of carbonyl (C=O) groups is 1. The smallest absolute Gasteiger partial charge is 0.409 e. The lowest BCUT2D eigenvalue weighted by molar-refractivity contribution is 0.0901. The summed E-state index contributed by atoms with van der Waals surface area (Å²) in [4.78, 5) is 29.6. The Morgan fingerprint density at radius 2 is 1.95 bits per heavy atom. The van der Waals surface area contributed by atoms with E-state index < -0.39 is 15.8 Å². The average Bonchev–Trinajstić information content (AvgIpc) is 3.34. The number of hydrogen-bond donors (Lipinski definition) is 1. The topological polar surface area (TPSA) is 118 Å². The van der Waals surface area contributed by atoms with E-state index in [9.17, 15) is 13.2 Å². The van der Waals surface area contributed by atoms with Gasteiger partial charge in [-0.1, -0.05) is 38.2 Å². The van der Waals surface area contributed by atoms with Crippen molar-refractivity contribution in [1.82, 2.24) is 19.9 Å². The molecule has 1 amide bonds. The monoisotopic (exact) mass is 596 g/mol. The molecule has 2 aromatic heterocycles. The van der Waals surface area contributed by atoms with Crippen LogP contribution in [0.25, 0.3) is 21.8 Å². The summed E-state index contributed by atoms with van der Waals surface area (Å²) >= 11 is 7.36. The Kier molecular flexibility index (Phi) is 9.23. The molecule has 1 aliphatic rings. The molecule has 3 aromatic rings. The third kappa shape index (κ3) is 7.14. The zero-order valence-corrected chi connectivity index (χ0v) is 24.2. The maximum Gasteiger partial charge on any atom is 0.409 e. The molecule has 1 saturated heterocycles. The minimum atomic E-state index is -3.70. The van der Waals surface area contributed by atoms with Crippen molar-refractivity contribution in [2.24, 2.45) is 5.92 Å². The molecule has 0 saturated carbocycles. The maximum absolute atomic E-state index is 15.7. The highest BCUT2D eigenvalue weighted by Crippen LogP contribution is 2.42. The number of ether oxygens (including phenoxy) is 1. The molecule has 1 fully saturated rings. The van der Waals surface area contributed by atoms with E-state index in [2.05, 4.69) is 14.7 Å². The summed E-state index contributed by atoms with van der Waals surface area (Å²) in [5.74, 6) is -0.620. The van der Waals surface area contributed by atoms with Crippen molar-refractivity contribution in [2.45, 2.75) is 27.2 Å². The number of hydrogen-bond acceptors (Lipinski definition) is 9. The van der Waals surface area contributed by atoms with Gasteiger partial charge in [-0.05, 0) is 42.1 Å². The molecule has 0 spiro atoms. The summed E-state index contributed by atoms with van der Waals surface area (Å²) < 4.78 is 48.1. The second kappa shape index (κ2) is 12.4. The van der Waals surface area contributed by atoms with Crippen molar-refractivity contribution in [3.63, 3.8) is 0 Å². The first-order valence-electron chi connectivity index (χ1n) is 12.5. The Morgan fingerprint density at radius 1 is 1.21 bits per heavy atom. The van der Waals surface area contributed by atoms with Gasteiger partial charge < -0.3 is 14.5 Å². The number of nitrogens with zero attached hydrogens (tertiary/aromatic N) is 5. The summed E-state index contributed by atoms with van der Waals surface area (Å²) in [7, 11) is -3.70. The molecule has 0 aliphatic carbocycles. The van der Waals surface area contributed by atoms with E-state index in [1.165, 1.54) is 23.6 Å². The molecule has 14 heteroatoms. The molecule has 0 bridgehead atoms. The normalized spacial score (nSPS) is 14.1. The Labute approximate surface area is 236 Å². The van der Waals surface area contributed by atoms with Crippen molar-refractivity contribution in [2.75, 3.05) is 48.2 Å². The van der Waals surface area contributed by atoms with Gasteiger partial charge in [0.15, 0.2) is 10.9 Å². The molecule has 0 radical (unpaired) electrons. The number of thiazole rings is 1. The predicted octanol–water partition coefficient (Wildman–Crippen LogP) is 5.13. The van der Waals surface area contributed by atoms with Gasteiger partial charge >= 0.3 is 6.09 Å². The summed E-state index contributed by atoms with van der Waals surface area (Å²) in [5.41, 5.74) is 0.726. The van der Waals surface area contributed by atoms with Crippen LogP contribution in [0.5, 0.6) is 0 Å². The third-order valence-electron chi connectivity index (χ3n) is 5.82. The molecule has 3 heterocycles. The summed E-state index contributed by atoms with van der Waals surface area (Å²) in [5, 5.41) is 0.643. The van der Waals surface area contributed by atoms with E-state index in [1.807, 2.05) is 18.7 Å². The van der Waals surface area contributed by atoms with Crippen LogP contribution in [-0.2, 0) is 14.8 Å². The predicted molar refractivity (Wildman–Crippen MR) is 151 cm³/mol. The molecule has 4 rings (SSSR count). The molecule has 39 heavy (non-hydrogen) atoms. The SMILES string of the molecule is CCCS(=O)(=O)Nc1cccc(-c2nc(N3CCN(C(=O)OCC(C)C)CC3)sc2-c2ccnc(Cl)n2)c1F. The summed E-state index contributed by atoms with van der Waals surface area (Å²) in [6.45, 7) is 7.96. The van der Waals surface area contributed by atoms with Crippen LogP contribution < -0.4 is 9.62 Å². The lowest BCUT2D eigenvalue weighted by atomic mass is 10.1. The highest BCUT2D eigenvalue weighted by atomic mass is 35.5. The van der Waals surface area contributed by atoms with Gasteiger partial charge in [-0.3, -0.25) is 4.72 Å². The lowest BCUT2D eigenvalue weighted by Crippen LogP contribution is -2.49. The van der Waals surface area contributed by atoms with Gasteiger partial charge in [0.05, 0.1) is 34.3 Å². The van der Waals surface area contributed by atoms with Crippen LogP contribution in [0.4, 0.5) is 20.0 Å². The highest BCUT2D eigenvalue weighted by Gasteiger charge is 2.27. The number of piperazine rings is 1. The number of anilines is 2. The fourth-order valence-corrected chi connectivity index (χ4v) is 6.33. The van der Waals surface area contributed by atoms with Crippen molar-refractivity contribution in [3.05, 3.63) is 41.6 Å². The fraction of sp³-hybridized carbons (Fsp3) is 0.440. The number of sulfonamides is 1. The number of amides is 1. The van der Waals surface area contributed by atoms with Crippen molar-refractivity contribution in [1.29, 1.82) is 0 Å². The van der Waals surface area contributed by atoms with Crippen LogP contribution in [0.1, 0.15) is 27.2 Å². The Morgan fingerprint density at radius 3 is 2.62 bits per heavy atom. The minimum absolute atomic E-state index is 0.0310. The van der Waals surface area contributed by atoms with Gasteiger partial charge in [-0.2, -0.15) is 0 Å². The van der Waals surface area contributed by atoms with Crippen LogP contribution >= 0.6 is 22.9 Å². The van der Waals surface area contributed by atoms with E-state index in [1.54, 1.807) is 30.0 Å². The molecule has 0 unspecified atom stereocenters. The van der Waals surface area contributed by atoms with Crippen molar-refractivity contribution >= 4 is 49.9 Å². The number of benzene rings is 1. The molecule has 1 N–H and O–H groups in total. The first-order chi connectivity index (χ1) is 18.6. The van der Waals surface area contributed by atoms with Gasteiger partial charge in [-0.25, -0.2) is 32.6 Å². The number of halogens is 2. The van der Waals surface area contributed by atoms with Gasteiger partial charge in [0, 0.05) is 37.9 Å². The van der Waals surface area contributed by atoms with Crippen LogP contribution in [0.15, 0.2) is 30.5 Å². The van der Waals surface area contributed by atoms with E-state index in [0.29, 0.717) is 60.6 Å². The second-order valence-corrected chi connectivity index (χ2v) is 12.6. The maximum atomic E-state index is 15.7. The van der Waals surface area contributed by atoms with Crippen LogP contribution in [-0.4, -0.2) is 72.9 Å². The van der Waals surface area contributed by atoms with Crippen molar-refractivity contribution in [3.8, 4) is 21.8 Å². The molecular weight excluding hydrogens is 567 g/mol. The van der Waals surface area contributed by atoms with Crippen LogP contribution in [0.2, 0.25) is 5.28 Å². The fourth-order valence-electron chi connectivity index (χ4n) is 3.95. The van der Waals surface area contributed by atoms with Gasteiger partial charge in [0.1, 0.15) is 0 Å². The van der Waals surface area contributed by atoms with Gasteiger partial charge in [0.2, 0.25) is 15.3 Å². The third-order valence-corrected chi connectivity index (χ3v) is 8.61. The molecular formula is C25H30ClFN6O4S2. The highest BCUT2D eigenvalue weighted by molar-refractivity contribution is 7.92. The Hall–Kier alpha value is -3.03. The lowest BCUT2D eigenvalue weighted by Gasteiger charge is -2.34. The number of nitrogens with one attached hydrogen (secondary N) is 1. The number of aromatic nitrogens is 3. The average molecular weight is 597 g/mol. The summed E-state index contributed by atoms with van der Waals surface area (Å²) in [6, 6.07) is 6.14. The quantitative estimate of drug-likeness (QED) is 0.338. The molecule has 10 nitrogen and oxygen atoms in total. The van der Waals surface area contributed by atoms with Gasteiger partial charge in [-0.15, -0.1) is 0 Å². The number of rotatable bonds is 9. The van der Waals surface area contributed by atoms with Gasteiger partial charge in [0.25, 0.3) is 0 Å². The Balaban J connectivity index is 1.66. The zero-order chi connectivity index (χ0) is 28.2. The molecule has 1 aromatic carbocycles. The van der Waals surface area contributed by atoms with Crippen LogP contribution in [0, 0.1) is 11.7 Å².